The molecule has 0 saturated heterocycles. The smallest absolute Gasteiger partial charge is 0.255 e. The van der Waals surface area contributed by atoms with Crippen LogP contribution < -0.4 is 5.73 Å². The van der Waals surface area contributed by atoms with Gasteiger partial charge in [0.05, 0.1) is 13.7 Å². The number of phenolic OH excluding ortho intramolecular Hbond substituents is 1. The molecule has 0 saturated carbocycles. The van der Waals surface area contributed by atoms with E-state index in [1.165, 1.54) is 18.1 Å². The maximum absolute atomic E-state index is 12.3. The van der Waals surface area contributed by atoms with Crippen molar-refractivity contribution in [3.63, 3.8) is 0 Å². The van der Waals surface area contributed by atoms with Crippen LogP contribution in [0.15, 0.2) is 18.2 Å². The number of carbonyl (C=O) groups excluding carboxylic acids is 2. The number of fused-ring (bicyclic) bond motifs is 1. The monoisotopic (exact) mass is 291 g/mol. The third kappa shape index (κ3) is 2.81. The summed E-state index contributed by atoms with van der Waals surface area (Å²) in [6.07, 6.45) is 0.415. The van der Waals surface area contributed by atoms with Crippen molar-refractivity contribution in [3.8, 4) is 5.75 Å². The molecule has 1 aliphatic rings. The van der Waals surface area contributed by atoms with Gasteiger partial charge in [-0.1, -0.05) is 6.07 Å². The Morgan fingerprint density at radius 2 is 2.29 bits per heavy atom. The third-order valence-corrected chi connectivity index (χ3v) is 3.57. The Labute approximate surface area is 121 Å². The summed E-state index contributed by atoms with van der Waals surface area (Å²) >= 11 is 0. The summed E-state index contributed by atoms with van der Waals surface area (Å²) in [7, 11) is 1.37. The molecule has 0 unspecified atom stereocenters. The van der Waals surface area contributed by atoms with Crippen LogP contribution >= 0.6 is 0 Å². The topological polar surface area (TPSA) is 117 Å². The minimum Gasteiger partial charge on any atom is -0.508 e. The number of benzene rings is 1. The van der Waals surface area contributed by atoms with Crippen LogP contribution in [0.25, 0.3) is 0 Å². The highest BCUT2D eigenvalue weighted by molar-refractivity contribution is 6.01. The number of ether oxygens (including phenoxy) is 1. The number of aromatic hydroxyl groups is 1. The summed E-state index contributed by atoms with van der Waals surface area (Å²) in [4.78, 5) is 25.3. The Balaban J connectivity index is 2.20. The lowest BCUT2D eigenvalue weighted by Gasteiger charge is -2.25. The molecule has 0 spiro atoms. The maximum Gasteiger partial charge on any atom is 0.255 e. The molecule has 112 valence electrons. The molecule has 2 amide bonds. The van der Waals surface area contributed by atoms with Gasteiger partial charge in [-0.05, 0) is 18.6 Å². The predicted molar refractivity (Wildman–Crippen MR) is 74.9 cm³/mol. The normalized spacial score (nSPS) is 14.7. The average molecular weight is 291 g/mol. The summed E-state index contributed by atoms with van der Waals surface area (Å²) < 4.78 is 4.74. The number of methoxy groups -OCH3 is 1. The van der Waals surface area contributed by atoms with Crippen molar-refractivity contribution in [3.05, 3.63) is 29.3 Å². The molecule has 2 rings (SSSR count). The number of primary amides is 1. The van der Waals surface area contributed by atoms with Crippen molar-refractivity contribution >= 4 is 17.7 Å². The van der Waals surface area contributed by atoms with Gasteiger partial charge in [-0.25, -0.2) is 0 Å². The lowest BCUT2D eigenvalue weighted by atomic mass is 10.1. The first-order valence-electron chi connectivity index (χ1n) is 6.48. The standard InChI is InChI=1S/C14H17N3O4/c1-21-12(15)6-5-10(13(16)19)17-7-9-8(14(17)20)3-2-4-11(9)18/h2-4,10,15,18H,5-7H2,1H3,(H2,16,19)/t10-/m0/s1. The summed E-state index contributed by atoms with van der Waals surface area (Å²) in [5.41, 5.74) is 6.25. The minimum absolute atomic E-state index is 0.0215. The highest BCUT2D eigenvalue weighted by atomic mass is 16.5. The number of rotatable bonds is 5. The molecule has 1 atom stereocenters. The Morgan fingerprint density at radius 3 is 2.86 bits per heavy atom. The Hall–Kier alpha value is -2.57. The van der Waals surface area contributed by atoms with Crippen molar-refractivity contribution in [2.75, 3.05) is 7.11 Å². The summed E-state index contributed by atoms with van der Waals surface area (Å²) in [6.45, 7) is 0.134. The number of amides is 2. The van der Waals surface area contributed by atoms with E-state index in [0.717, 1.165) is 0 Å². The molecule has 1 aromatic carbocycles. The Morgan fingerprint density at radius 1 is 1.57 bits per heavy atom. The fraction of sp³-hybridized carbons (Fsp3) is 0.357. The molecule has 1 heterocycles. The van der Waals surface area contributed by atoms with Gasteiger partial charge in [-0.2, -0.15) is 0 Å². The highest BCUT2D eigenvalue weighted by Crippen LogP contribution is 2.31. The lowest BCUT2D eigenvalue weighted by molar-refractivity contribution is -0.122. The second-order valence-corrected chi connectivity index (χ2v) is 4.82. The van der Waals surface area contributed by atoms with Crippen molar-refractivity contribution in [1.29, 1.82) is 5.41 Å². The number of hydrogen-bond acceptors (Lipinski definition) is 5. The quantitative estimate of drug-likeness (QED) is 0.544. The molecule has 0 fully saturated rings. The Kier molecular flexibility index (Phi) is 4.11. The molecular weight excluding hydrogens is 274 g/mol. The van der Waals surface area contributed by atoms with E-state index >= 15 is 0 Å². The number of carbonyl (C=O) groups is 2. The molecule has 4 N–H and O–H groups in total. The molecule has 0 aromatic heterocycles. The van der Waals surface area contributed by atoms with Crippen LogP contribution in [0.1, 0.15) is 28.8 Å². The van der Waals surface area contributed by atoms with E-state index in [4.69, 9.17) is 15.9 Å². The SMILES string of the molecule is COC(=N)CC[C@@H](C(N)=O)N1Cc2c(O)cccc2C1=O. The van der Waals surface area contributed by atoms with Crippen molar-refractivity contribution in [1.82, 2.24) is 4.90 Å². The first kappa shape index (κ1) is 14.8. The van der Waals surface area contributed by atoms with Crippen LogP contribution in [0.5, 0.6) is 5.75 Å². The van der Waals surface area contributed by atoms with Gasteiger partial charge in [0.2, 0.25) is 5.91 Å². The molecule has 0 bridgehead atoms. The molecule has 0 aliphatic carbocycles. The number of hydrogen-bond donors (Lipinski definition) is 3. The maximum atomic E-state index is 12.3. The second kappa shape index (κ2) is 5.82. The van der Waals surface area contributed by atoms with Crippen LogP contribution in [-0.4, -0.2) is 40.9 Å². The van der Waals surface area contributed by atoms with Gasteiger partial charge in [0.15, 0.2) is 5.90 Å². The summed E-state index contributed by atoms with van der Waals surface area (Å²) in [6, 6.07) is 3.84. The molecule has 7 nitrogen and oxygen atoms in total. The molecule has 0 radical (unpaired) electrons. The second-order valence-electron chi connectivity index (χ2n) is 4.82. The van der Waals surface area contributed by atoms with Crippen LogP contribution in [0.2, 0.25) is 0 Å². The van der Waals surface area contributed by atoms with E-state index in [0.29, 0.717) is 11.1 Å². The zero-order valence-electron chi connectivity index (χ0n) is 11.6. The molecular formula is C14H17N3O4. The van der Waals surface area contributed by atoms with Gasteiger partial charge < -0.3 is 20.5 Å². The van der Waals surface area contributed by atoms with Crippen molar-refractivity contribution in [2.45, 2.75) is 25.4 Å². The van der Waals surface area contributed by atoms with Crippen molar-refractivity contribution in [2.24, 2.45) is 5.73 Å². The average Bonchev–Trinajstić information content (AvgIpc) is 2.78. The minimum atomic E-state index is -0.834. The number of nitrogens with one attached hydrogen (secondary N) is 1. The largest absolute Gasteiger partial charge is 0.508 e. The van der Waals surface area contributed by atoms with Gasteiger partial charge in [0.25, 0.3) is 5.91 Å². The van der Waals surface area contributed by atoms with E-state index in [1.54, 1.807) is 12.1 Å². The fourth-order valence-electron chi connectivity index (χ4n) is 2.41. The Bertz CT molecular complexity index is 600. The number of nitrogens with two attached hydrogens (primary N) is 1. The number of nitrogens with zero attached hydrogens (tertiary/aromatic N) is 1. The summed E-state index contributed by atoms with van der Waals surface area (Å²) in [5, 5.41) is 17.2. The van der Waals surface area contributed by atoms with Gasteiger partial charge in [0.1, 0.15) is 11.8 Å². The summed E-state index contributed by atoms with van der Waals surface area (Å²) in [5.74, 6) is -0.933. The van der Waals surface area contributed by atoms with Gasteiger partial charge in [-0.15, -0.1) is 0 Å². The highest BCUT2D eigenvalue weighted by Gasteiger charge is 2.36. The van der Waals surface area contributed by atoms with E-state index < -0.39 is 11.9 Å². The first-order valence-corrected chi connectivity index (χ1v) is 6.48. The fourth-order valence-corrected chi connectivity index (χ4v) is 2.41. The van der Waals surface area contributed by atoms with Gasteiger partial charge in [0, 0.05) is 17.5 Å². The predicted octanol–water partition coefficient (Wildman–Crippen LogP) is 0.606. The molecule has 21 heavy (non-hydrogen) atoms. The van der Waals surface area contributed by atoms with Gasteiger partial charge in [-0.3, -0.25) is 15.0 Å². The van der Waals surface area contributed by atoms with E-state index in [2.05, 4.69) is 0 Å². The third-order valence-electron chi connectivity index (χ3n) is 3.57. The van der Waals surface area contributed by atoms with E-state index in [9.17, 15) is 14.7 Å². The van der Waals surface area contributed by atoms with Crippen LogP contribution in [-0.2, 0) is 16.1 Å². The molecule has 7 heteroatoms. The van der Waals surface area contributed by atoms with E-state index in [-0.39, 0.29) is 36.9 Å². The lowest BCUT2D eigenvalue weighted by Crippen LogP contribution is -2.45. The van der Waals surface area contributed by atoms with Gasteiger partial charge >= 0.3 is 0 Å². The van der Waals surface area contributed by atoms with Crippen molar-refractivity contribution < 1.29 is 19.4 Å². The van der Waals surface area contributed by atoms with Crippen LogP contribution in [0, 0.1) is 5.41 Å². The van der Waals surface area contributed by atoms with Crippen LogP contribution in [0.3, 0.4) is 0 Å². The molecule has 1 aliphatic heterocycles. The first-order chi connectivity index (χ1) is 9.95. The molecule has 1 aromatic rings. The zero-order chi connectivity index (χ0) is 15.6. The number of phenols is 1. The van der Waals surface area contributed by atoms with Crippen LogP contribution in [0.4, 0.5) is 0 Å². The van der Waals surface area contributed by atoms with E-state index in [1.807, 2.05) is 0 Å². The zero-order valence-corrected chi connectivity index (χ0v) is 11.6.